The average molecular weight is 638 g/mol. The molecule has 0 aliphatic carbocycles. The van der Waals surface area contributed by atoms with E-state index in [1.54, 1.807) is 29.0 Å². The predicted octanol–water partition coefficient (Wildman–Crippen LogP) is 2.39. The summed E-state index contributed by atoms with van der Waals surface area (Å²) in [7, 11) is 0. The van der Waals surface area contributed by atoms with Crippen LogP contribution in [0.2, 0.25) is 0 Å². The number of nitrogens with two attached hydrogens (primary N) is 2. The van der Waals surface area contributed by atoms with Crippen LogP contribution in [0.1, 0.15) is 13.8 Å². The molecule has 238 valence electrons. The van der Waals surface area contributed by atoms with E-state index in [1.165, 1.54) is 10.6 Å². The third-order valence-electron chi connectivity index (χ3n) is 7.98. The van der Waals surface area contributed by atoms with E-state index >= 15 is 4.39 Å². The number of furan rings is 1. The van der Waals surface area contributed by atoms with Crippen molar-refractivity contribution in [2.45, 2.75) is 26.4 Å². The van der Waals surface area contributed by atoms with E-state index in [4.69, 9.17) is 20.6 Å². The van der Waals surface area contributed by atoms with Crippen molar-refractivity contribution < 1.29 is 18.3 Å². The van der Waals surface area contributed by atoms with E-state index in [9.17, 15) is 9.59 Å². The van der Waals surface area contributed by atoms with Gasteiger partial charge in [0.2, 0.25) is 11.9 Å². The van der Waals surface area contributed by atoms with Crippen molar-refractivity contribution in [3.8, 4) is 17.2 Å². The van der Waals surface area contributed by atoms with Gasteiger partial charge in [0.15, 0.2) is 11.4 Å². The fourth-order valence-electron chi connectivity index (χ4n) is 5.34. The number of hydrogen-bond donors (Lipinski definition) is 3. The van der Waals surface area contributed by atoms with Crippen molar-refractivity contribution >= 4 is 44.7 Å². The zero-order valence-corrected chi connectivity index (χ0v) is 25.9. The summed E-state index contributed by atoms with van der Waals surface area (Å²) in [6, 6.07) is 9.68. The van der Waals surface area contributed by atoms with Gasteiger partial charge >= 0.3 is 4.87 Å². The average Bonchev–Trinajstić information content (AvgIpc) is 3.78. The largest absolute Gasteiger partial charge is 0.492 e. The van der Waals surface area contributed by atoms with Gasteiger partial charge in [-0.2, -0.15) is 14.6 Å². The highest BCUT2D eigenvalue weighted by Gasteiger charge is 2.22. The lowest BCUT2D eigenvalue weighted by atomic mass is 10.1. The molecule has 6 rings (SSSR count). The molecule has 0 unspecified atom stereocenters. The molecule has 1 amide bonds. The summed E-state index contributed by atoms with van der Waals surface area (Å²) in [5.74, 6) is 0.620. The van der Waals surface area contributed by atoms with E-state index in [0.29, 0.717) is 78.0 Å². The standard InChI is InChI=1S/C30H36FN9O4S/c1-18(2)25(32)28(41)34-7-15-43-19-5-6-22(20(31)16-19)38-11-8-37(9-12-38)10-13-39-27-26(45-30(39)42)23-17-21(24-4-3-14-44-24)36-40(23)29(33)35-27/h3-6,14,16-18,25H,7-13,15,32H2,1-2H3,(H2,33,35)(H,34,41)/t25-/m0/s1. The lowest BCUT2D eigenvalue weighted by molar-refractivity contribution is -0.123. The zero-order chi connectivity index (χ0) is 31.7. The number of benzene rings is 1. The first-order chi connectivity index (χ1) is 21.7. The van der Waals surface area contributed by atoms with Gasteiger partial charge in [-0.3, -0.25) is 19.1 Å². The number of carbonyl (C=O) groups is 1. The van der Waals surface area contributed by atoms with Gasteiger partial charge in [-0.05, 0) is 36.2 Å². The Kier molecular flexibility index (Phi) is 8.74. The number of rotatable bonds is 11. The lowest BCUT2D eigenvalue weighted by Crippen LogP contribution is -2.47. The number of amides is 1. The second-order valence-electron chi connectivity index (χ2n) is 11.3. The van der Waals surface area contributed by atoms with E-state index in [0.717, 1.165) is 11.3 Å². The molecule has 0 radical (unpaired) electrons. The van der Waals surface area contributed by atoms with Crippen LogP contribution in [0, 0.1) is 11.7 Å². The first-order valence-electron chi connectivity index (χ1n) is 14.8. The van der Waals surface area contributed by atoms with Crippen LogP contribution in [0.5, 0.6) is 5.75 Å². The molecule has 1 aliphatic heterocycles. The molecule has 1 aliphatic rings. The molecule has 5 aromatic rings. The maximum atomic E-state index is 15.0. The summed E-state index contributed by atoms with van der Waals surface area (Å²) in [6.07, 6.45) is 1.57. The Morgan fingerprint density at radius 2 is 1.98 bits per heavy atom. The predicted molar refractivity (Wildman–Crippen MR) is 171 cm³/mol. The molecule has 0 bridgehead atoms. The fourth-order valence-corrected chi connectivity index (χ4v) is 6.30. The van der Waals surface area contributed by atoms with Crippen LogP contribution in [-0.4, -0.2) is 81.9 Å². The Hall–Kier alpha value is -4.47. The number of anilines is 2. The first-order valence-corrected chi connectivity index (χ1v) is 15.7. The van der Waals surface area contributed by atoms with Crippen LogP contribution in [-0.2, 0) is 11.3 Å². The third kappa shape index (κ3) is 6.36. The minimum absolute atomic E-state index is 0.0371. The first kappa shape index (κ1) is 30.6. The minimum atomic E-state index is -0.575. The highest BCUT2D eigenvalue weighted by Crippen LogP contribution is 2.29. The van der Waals surface area contributed by atoms with Gasteiger partial charge in [-0.25, -0.2) is 4.39 Å². The number of fused-ring (bicyclic) bond motifs is 3. The molecule has 1 fully saturated rings. The van der Waals surface area contributed by atoms with Crippen molar-refractivity contribution in [3.05, 3.63) is 58.1 Å². The Morgan fingerprint density at radius 3 is 2.69 bits per heavy atom. The molecule has 0 spiro atoms. The van der Waals surface area contributed by atoms with Crippen LogP contribution < -0.4 is 31.3 Å². The van der Waals surface area contributed by atoms with Gasteiger partial charge in [0.1, 0.15) is 28.6 Å². The molecular formula is C30H36FN9O4S. The van der Waals surface area contributed by atoms with Gasteiger partial charge in [0.05, 0.1) is 30.1 Å². The molecule has 13 nitrogen and oxygen atoms in total. The number of hydrogen-bond acceptors (Lipinski definition) is 11. The number of piperazine rings is 1. The third-order valence-corrected chi connectivity index (χ3v) is 8.98. The summed E-state index contributed by atoms with van der Waals surface area (Å²) >= 11 is 1.12. The normalized spacial score (nSPS) is 14.9. The topological polar surface area (TPSA) is 162 Å². The molecule has 1 aromatic carbocycles. The van der Waals surface area contributed by atoms with Crippen LogP contribution >= 0.6 is 11.3 Å². The van der Waals surface area contributed by atoms with E-state index in [-0.39, 0.29) is 41.6 Å². The van der Waals surface area contributed by atoms with E-state index in [1.807, 2.05) is 30.9 Å². The van der Waals surface area contributed by atoms with Crippen molar-refractivity contribution in [1.82, 2.24) is 29.4 Å². The number of ether oxygens (including phenoxy) is 1. The fraction of sp³-hybridized carbons (Fsp3) is 0.400. The van der Waals surface area contributed by atoms with Gasteiger partial charge < -0.3 is 30.8 Å². The van der Waals surface area contributed by atoms with E-state index < -0.39 is 6.04 Å². The highest BCUT2D eigenvalue weighted by atomic mass is 32.1. The number of halogens is 1. The molecule has 5 heterocycles. The van der Waals surface area contributed by atoms with Crippen molar-refractivity contribution in [2.24, 2.45) is 11.7 Å². The Morgan fingerprint density at radius 1 is 1.18 bits per heavy atom. The van der Waals surface area contributed by atoms with Gasteiger partial charge in [-0.15, -0.1) is 0 Å². The van der Waals surface area contributed by atoms with Crippen molar-refractivity contribution in [3.63, 3.8) is 0 Å². The molecule has 4 aromatic heterocycles. The smallest absolute Gasteiger partial charge is 0.309 e. The summed E-state index contributed by atoms with van der Waals surface area (Å²) in [5, 5.41) is 7.24. The number of nitrogens with one attached hydrogen (secondary N) is 1. The second kappa shape index (κ2) is 12.9. The van der Waals surface area contributed by atoms with Crippen LogP contribution in [0.25, 0.3) is 27.3 Å². The summed E-state index contributed by atoms with van der Waals surface area (Å²) in [6.45, 7) is 8.02. The molecule has 15 heteroatoms. The zero-order valence-electron chi connectivity index (χ0n) is 25.1. The maximum absolute atomic E-state index is 15.0. The van der Waals surface area contributed by atoms with Crippen molar-refractivity contribution in [2.75, 3.05) is 56.5 Å². The number of nitrogens with zero attached hydrogens (tertiary/aromatic N) is 6. The molecule has 1 atom stereocenters. The SMILES string of the molecule is CC(C)[C@H](N)C(=O)NCCOc1ccc(N2CCN(CCn3c(=O)sc4c3nc(N)n3nc(-c5ccco5)cc43)CC2)c(F)c1. The molecular weight excluding hydrogens is 601 g/mol. The summed E-state index contributed by atoms with van der Waals surface area (Å²) in [5.41, 5.74) is 14.4. The van der Waals surface area contributed by atoms with Crippen LogP contribution in [0.4, 0.5) is 16.0 Å². The van der Waals surface area contributed by atoms with E-state index in [2.05, 4.69) is 20.3 Å². The van der Waals surface area contributed by atoms with Crippen LogP contribution in [0.15, 0.2) is 51.9 Å². The number of nitrogen functional groups attached to an aromatic ring is 1. The Labute approximate surface area is 262 Å². The second-order valence-corrected chi connectivity index (χ2v) is 12.3. The molecule has 5 N–H and O–H groups in total. The highest BCUT2D eigenvalue weighted by molar-refractivity contribution is 7.17. The van der Waals surface area contributed by atoms with Gasteiger partial charge in [0, 0.05) is 45.3 Å². The molecule has 0 saturated carbocycles. The molecule has 45 heavy (non-hydrogen) atoms. The Balaban J connectivity index is 1.03. The number of carbonyl (C=O) groups excluding carboxylic acids is 1. The lowest BCUT2D eigenvalue weighted by Gasteiger charge is -2.36. The van der Waals surface area contributed by atoms with Crippen LogP contribution in [0.3, 0.4) is 0 Å². The monoisotopic (exact) mass is 637 g/mol. The van der Waals surface area contributed by atoms with Crippen molar-refractivity contribution in [1.29, 1.82) is 0 Å². The van der Waals surface area contributed by atoms with Gasteiger partial charge in [-0.1, -0.05) is 25.2 Å². The number of aromatic nitrogens is 4. The van der Waals surface area contributed by atoms with Gasteiger partial charge in [0.25, 0.3) is 0 Å². The molecule has 1 saturated heterocycles. The summed E-state index contributed by atoms with van der Waals surface area (Å²) < 4.78 is 30.0. The quantitative estimate of drug-likeness (QED) is 0.183. The summed E-state index contributed by atoms with van der Waals surface area (Å²) in [4.78, 5) is 33.6. The Bertz CT molecular complexity index is 1860. The minimum Gasteiger partial charge on any atom is -0.492 e. The maximum Gasteiger partial charge on any atom is 0.309 e. The number of thiazole rings is 1.